The lowest BCUT2D eigenvalue weighted by Crippen LogP contribution is -2.20. The number of hydrogen-bond acceptors (Lipinski definition) is 4. The van der Waals surface area contributed by atoms with Gasteiger partial charge in [0.25, 0.3) is 0 Å². The molecule has 0 saturated carbocycles. The normalized spacial score (nSPS) is 11.7. The van der Waals surface area contributed by atoms with Crippen molar-refractivity contribution >= 4 is 39.6 Å². The van der Waals surface area contributed by atoms with Gasteiger partial charge in [0.1, 0.15) is 0 Å². The molecule has 186 valence electrons. The smallest absolute Gasteiger partial charge is 0.332 e. The number of nitrogens with one attached hydrogen (secondary N) is 3. The van der Waals surface area contributed by atoms with E-state index in [2.05, 4.69) is 15.6 Å². The number of para-hydroxylation sites is 1. The first kappa shape index (κ1) is 25.0. The molecular formula is C24H16F6N4OS. The zero-order chi connectivity index (χ0) is 25.9. The van der Waals surface area contributed by atoms with Crippen LogP contribution < -0.4 is 16.0 Å². The van der Waals surface area contributed by atoms with Gasteiger partial charge in [0.15, 0.2) is 5.13 Å². The average Bonchev–Trinajstić information content (AvgIpc) is 3.27. The molecule has 1 aromatic heterocycles. The molecule has 0 fully saturated rings. The lowest BCUT2D eigenvalue weighted by Gasteiger charge is -2.15. The molecule has 3 N–H and O–H groups in total. The van der Waals surface area contributed by atoms with Gasteiger partial charge in [-0.2, -0.15) is 26.3 Å². The van der Waals surface area contributed by atoms with E-state index in [0.29, 0.717) is 28.5 Å². The van der Waals surface area contributed by atoms with Crippen LogP contribution in [0, 0.1) is 0 Å². The van der Waals surface area contributed by atoms with Crippen molar-refractivity contribution in [3.05, 3.63) is 89.3 Å². The number of anilines is 4. The average molecular weight is 522 g/mol. The quantitative estimate of drug-likeness (QED) is 0.231. The van der Waals surface area contributed by atoms with Gasteiger partial charge < -0.3 is 16.0 Å². The topological polar surface area (TPSA) is 66.0 Å². The van der Waals surface area contributed by atoms with Gasteiger partial charge >= 0.3 is 18.4 Å². The largest absolute Gasteiger partial charge is 0.416 e. The standard InChI is InChI=1S/C24H16F6N4OS/c25-23(26,27)15-10-16(24(28,29)30)12-19(11-15)32-21(35)31-18-8-4-5-14(9-18)20-13-36-22(34-20)33-17-6-2-1-3-7-17/h1-13H,(H,33,34)(H2,31,32,35). The van der Waals surface area contributed by atoms with E-state index in [1.807, 2.05) is 35.6 Å². The molecule has 4 rings (SSSR count). The number of benzene rings is 3. The fraction of sp³-hybridized carbons (Fsp3) is 0.0833. The molecule has 4 aromatic rings. The van der Waals surface area contributed by atoms with Crippen molar-refractivity contribution in [1.82, 2.24) is 4.98 Å². The zero-order valence-electron chi connectivity index (χ0n) is 18.0. The van der Waals surface area contributed by atoms with Crippen molar-refractivity contribution in [2.24, 2.45) is 0 Å². The molecule has 12 heteroatoms. The molecule has 3 aromatic carbocycles. The summed E-state index contributed by atoms with van der Waals surface area (Å²) in [6.45, 7) is 0. The summed E-state index contributed by atoms with van der Waals surface area (Å²) in [6.07, 6.45) is -10.0. The van der Waals surface area contributed by atoms with Gasteiger partial charge in [0.2, 0.25) is 0 Å². The minimum atomic E-state index is -5.02. The van der Waals surface area contributed by atoms with Gasteiger partial charge in [0, 0.05) is 28.0 Å². The number of halogens is 6. The number of amides is 2. The van der Waals surface area contributed by atoms with E-state index in [4.69, 9.17) is 0 Å². The van der Waals surface area contributed by atoms with E-state index in [1.165, 1.54) is 17.4 Å². The molecule has 36 heavy (non-hydrogen) atoms. The van der Waals surface area contributed by atoms with Gasteiger partial charge in [-0.1, -0.05) is 30.3 Å². The van der Waals surface area contributed by atoms with E-state index in [0.717, 1.165) is 5.69 Å². The summed E-state index contributed by atoms with van der Waals surface area (Å²) in [6, 6.07) is 15.7. The molecule has 0 radical (unpaired) electrons. The van der Waals surface area contributed by atoms with Crippen LogP contribution in [0.15, 0.2) is 78.2 Å². The first-order valence-electron chi connectivity index (χ1n) is 10.2. The molecule has 0 aliphatic rings. The van der Waals surface area contributed by atoms with E-state index in [9.17, 15) is 31.1 Å². The summed E-state index contributed by atoms with van der Waals surface area (Å²) >= 11 is 1.36. The molecule has 0 unspecified atom stereocenters. The number of rotatable bonds is 5. The second kappa shape index (κ2) is 9.90. The molecule has 0 spiro atoms. The fourth-order valence-electron chi connectivity index (χ4n) is 3.19. The Morgan fingerprint density at radius 1 is 0.722 bits per heavy atom. The predicted molar refractivity (Wildman–Crippen MR) is 126 cm³/mol. The third-order valence-electron chi connectivity index (χ3n) is 4.79. The molecule has 0 atom stereocenters. The number of carbonyl (C=O) groups excluding carboxylic acids is 1. The van der Waals surface area contributed by atoms with Crippen LogP contribution >= 0.6 is 11.3 Å². The highest BCUT2D eigenvalue weighted by Crippen LogP contribution is 2.37. The van der Waals surface area contributed by atoms with Crippen LogP contribution in [0.5, 0.6) is 0 Å². The minimum absolute atomic E-state index is 0.0126. The van der Waals surface area contributed by atoms with Crippen molar-refractivity contribution < 1.29 is 31.1 Å². The summed E-state index contributed by atoms with van der Waals surface area (Å²) in [5.41, 5.74) is -1.34. The highest BCUT2D eigenvalue weighted by atomic mass is 32.1. The van der Waals surface area contributed by atoms with Crippen LogP contribution in [0.2, 0.25) is 0 Å². The first-order valence-corrected chi connectivity index (χ1v) is 11.1. The van der Waals surface area contributed by atoms with Crippen LogP contribution in [-0.4, -0.2) is 11.0 Å². The van der Waals surface area contributed by atoms with Crippen molar-refractivity contribution in [1.29, 1.82) is 0 Å². The van der Waals surface area contributed by atoms with Gasteiger partial charge in [-0.25, -0.2) is 9.78 Å². The van der Waals surface area contributed by atoms with E-state index in [-0.39, 0.29) is 11.8 Å². The molecule has 0 aliphatic heterocycles. The maximum atomic E-state index is 13.0. The summed E-state index contributed by atoms with van der Waals surface area (Å²) in [7, 11) is 0. The number of aromatic nitrogens is 1. The molecule has 0 aliphatic carbocycles. The van der Waals surface area contributed by atoms with Crippen molar-refractivity contribution in [2.75, 3.05) is 16.0 Å². The first-order chi connectivity index (χ1) is 17.0. The van der Waals surface area contributed by atoms with Crippen LogP contribution in [0.1, 0.15) is 11.1 Å². The molecule has 1 heterocycles. The molecule has 2 amide bonds. The monoisotopic (exact) mass is 522 g/mol. The van der Waals surface area contributed by atoms with Gasteiger partial charge in [-0.15, -0.1) is 11.3 Å². The maximum Gasteiger partial charge on any atom is 0.416 e. The zero-order valence-corrected chi connectivity index (χ0v) is 18.9. The second-order valence-corrected chi connectivity index (χ2v) is 8.34. The number of alkyl halides is 6. The van der Waals surface area contributed by atoms with Crippen molar-refractivity contribution in [2.45, 2.75) is 12.4 Å². The van der Waals surface area contributed by atoms with E-state index < -0.39 is 35.2 Å². The number of thiazole rings is 1. The summed E-state index contributed by atoms with van der Waals surface area (Å²) in [4.78, 5) is 16.8. The molecule has 0 saturated heterocycles. The summed E-state index contributed by atoms with van der Waals surface area (Å²) < 4.78 is 78.3. The Balaban J connectivity index is 1.48. The fourth-order valence-corrected chi connectivity index (χ4v) is 3.93. The Bertz CT molecular complexity index is 1340. The number of carbonyl (C=O) groups is 1. The van der Waals surface area contributed by atoms with Crippen molar-refractivity contribution in [3.8, 4) is 11.3 Å². The van der Waals surface area contributed by atoms with Crippen LogP contribution in [0.4, 0.5) is 53.3 Å². The Labute approximate surface area is 204 Å². The Morgan fingerprint density at radius 3 is 1.97 bits per heavy atom. The minimum Gasteiger partial charge on any atom is -0.332 e. The lowest BCUT2D eigenvalue weighted by molar-refractivity contribution is -0.143. The van der Waals surface area contributed by atoms with Crippen LogP contribution in [0.25, 0.3) is 11.3 Å². The SMILES string of the molecule is O=C(Nc1cccc(-c2csc(Nc3ccccc3)n2)c1)Nc1cc(C(F)(F)F)cc(C(F)(F)F)c1. The highest BCUT2D eigenvalue weighted by Gasteiger charge is 2.37. The predicted octanol–water partition coefficient (Wildman–Crippen LogP) is 8.24. The van der Waals surface area contributed by atoms with Gasteiger partial charge in [0.05, 0.1) is 16.8 Å². The van der Waals surface area contributed by atoms with Gasteiger partial charge in [-0.05, 0) is 42.5 Å². The molecular weight excluding hydrogens is 506 g/mol. The third kappa shape index (κ3) is 6.33. The summed E-state index contributed by atoms with van der Waals surface area (Å²) in [5.74, 6) is 0. The van der Waals surface area contributed by atoms with Crippen molar-refractivity contribution in [3.63, 3.8) is 0 Å². The number of hydrogen-bond donors (Lipinski definition) is 3. The molecule has 0 bridgehead atoms. The van der Waals surface area contributed by atoms with Gasteiger partial charge in [-0.3, -0.25) is 0 Å². The Hall–Kier alpha value is -4.06. The third-order valence-corrected chi connectivity index (χ3v) is 5.55. The second-order valence-electron chi connectivity index (χ2n) is 7.48. The van der Waals surface area contributed by atoms with Crippen LogP contribution in [-0.2, 0) is 12.4 Å². The molecule has 5 nitrogen and oxygen atoms in total. The van der Waals surface area contributed by atoms with E-state index in [1.54, 1.807) is 23.6 Å². The van der Waals surface area contributed by atoms with Crippen LogP contribution in [0.3, 0.4) is 0 Å². The van der Waals surface area contributed by atoms with E-state index >= 15 is 0 Å². The Kier molecular flexibility index (Phi) is 6.88. The highest BCUT2D eigenvalue weighted by molar-refractivity contribution is 7.14. The summed E-state index contributed by atoms with van der Waals surface area (Å²) in [5, 5.41) is 10.0. The lowest BCUT2D eigenvalue weighted by atomic mass is 10.1. The number of nitrogens with zero attached hydrogens (tertiary/aromatic N) is 1. The Morgan fingerprint density at radius 2 is 1.33 bits per heavy atom. The number of urea groups is 1. The maximum absolute atomic E-state index is 13.0.